The quantitative estimate of drug-likeness (QED) is 0.510. The zero-order valence-corrected chi connectivity index (χ0v) is 18.5. The zero-order valence-electron chi connectivity index (χ0n) is 16.8. The second kappa shape index (κ2) is 10.9. The van der Waals surface area contributed by atoms with Crippen LogP contribution in [-0.4, -0.2) is 40.4 Å². The van der Waals surface area contributed by atoms with Crippen molar-refractivity contribution in [3.63, 3.8) is 0 Å². The van der Waals surface area contributed by atoms with Crippen LogP contribution in [0.25, 0.3) is 4.91 Å². The number of ether oxygens (including phenoxy) is 1. The summed E-state index contributed by atoms with van der Waals surface area (Å²) < 4.78 is 5.86. The molecule has 1 saturated carbocycles. The van der Waals surface area contributed by atoms with Crippen molar-refractivity contribution in [2.24, 2.45) is 5.92 Å². The number of benzene rings is 1. The van der Waals surface area contributed by atoms with E-state index >= 15 is 0 Å². The molecule has 0 radical (unpaired) electrons. The monoisotopic (exact) mass is 446 g/mol. The SMILES string of the molecule is C=C(CO)S/C(=C(\C)CO)c1csc(NC(=O)C2CC(OCc3ccccc3)C2)n1. The van der Waals surface area contributed by atoms with Crippen molar-refractivity contribution in [2.75, 3.05) is 18.5 Å². The Morgan fingerprint density at radius 3 is 2.70 bits per heavy atom. The Morgan fingerprint density at radius 1 is 1.30 bits per heavy atom. The summed E-state index contributed by atoms with van der Waals surface area (Å²) in [6, 6.07) is 10.00. The predicted octanol–water partition coefficient (Wildman–Crippen LogP) is 4.04. The number of carbonyl (C=O) groups is 1. The summed E-state index contributed by atoms with van der Waals surface area (Å²) >= 11 is 2.61. The van der Waals surface area contributed by atoms with Gasteiger partial charge in [-0.2, -0.15) is 0 Å². The molecule has 1 aliphatic rings. The Kier molecular flexibility index (Phi) is 8.24. The van der Waals surface area contributed by atoms with E-state index in [9.17, 15) is 15.0 Å². The second-order valence-corrected chi connectivity index (χ2v) is 9.23. The van der Waals surface area contributed by atoms with Gasteiger partial charge in [-0.3, -0.25) is 4.79 Å². The fraction of sp³-hybridized carbons (Fsp3) is 0.364. The molecule has 0 unspecified atom stereocenters. The summed E-state index contributed by atoms with van der Waals surface area (Å²) in [5.41, 5.74) is 2.51. The molecule has 8 heteroatoms. The van der Waals surface area contributed by atoms with E-state index in [1.807, 2.05) is 35.7 Å². The van der Waals surface area contributed by atoms with Crippen molar-refractivity contribution in [1.82, 2.24) is 4.98 Å². The van der Waals surface area contributed by atoms with Crippen LogP contribution in [0.3, 0.4) is 0 Å². The number of aliphatic hydroxyl groups excluding tert-OH is 2. The molecule has 0 atom stereocenters. The van der Waals surface area contributed by atoms with Gasteiger partial charge in [-0.15, -0.1) is 11.3 Å². The summed E-state index contributed by atoms with van der Waals surface area (Å²) in [5.74, 6) is -0.122. The predicted molar refractivity (Wildman–Crippen MR) is 122 cm³/mol. The van der Waals surface area contributed by atoms with E-state index in [2.05, 4.69) is 16.9 Å². The second-order valence-electron chi connectivity index (χ2n) is 7.18. The van der Waals surface area contributed by atoms with Crippen LogP contribution < -0.4 is 5.32 Å². The molecule has 6 nitrogen and oxygen atoms in total. The highest BCUT2D eigenvalue weighted by Gasteiger charge is 2.35. The largest absolute Gasteiger partial charge is 0.392 e. The molecule has 1 heterocycles. The lowest BCUT2D eigenvalue weighted by molar-refractivity contribution is -0.129. The van der Waals surface area contributed by atoms with E-state index in [4.69, 9.17) is 4.74 Å². The molecule has 0 aliphatic heterocycles. The van der Waals surface area contributed by atoms with Crippen molar-refractivity contribution in [3.05, 3.63) is 64.0 Å². The van der Waals surface area contributed by atoms with Gasteiger partial charge in [0.05, 0.1) is 31.6 Å². The highest BCUT2D eigenvalue weighted by atomic mass is 32.2. The topological polar surface area (TPSA) is 91.7 Å². The molecule has 1 aromatic heterocycles. The Balaban J connectivity index is 1.51. The first kappa shape index (κ1) is 22.7. The minimum Gasteiger partial charge on any atom is -0.392 e. The van der Waals surface area contributed by atoms with Crippen LogP contribution in [-0.2, 0) is 16.1 Å². The summed E-state index contributed by atoms with van der Waals surface area (Å²) in [5, 5.41) is 24.0. The van der Waals surface area contributed by atoms with Crippen LogP contribution in [0, 0.1) is 5.92 Å². The number of hydrogen-bond acceptors (Lipinski definition) is 7. The number of rotatable bonds is 10. The minimum absolute atomic E-state index is 0.0488. The number of nitrogens with one attached hydrogen (secondary N) is 1. The number of nitrogens with zero attached hydrogens (tertiary/aromatic N) is 1. The maximum Gasteiger partial charge on any atom is 0.229 e. The molecule has 1 aromatic carbocycles. The maximum atomic E-state index is 12.5. The molecule has 160 valence electrons. The van der Waals surface area contributed by atoms with Crippen molar-refractivity contribution in [2.45, 2.75) is 32.5 Å². The van der Waals surface area contributed by atoms with E-state index < -0.39 is 0 Å². The smallest absolute Gasteiger partial charge is 0.229 e. The van der Waals surface area contributed by atoms with Crippen LogP contribution in [0.2, 0.25) is 0 Å². The first-order valence-electron chi connectivity index (χ1n) is 9.69. The van der Waals surface area contributed by atoms with Gasteiger partial charge in [0.25, 0.3) is 0 Å². The lowest BCUT2D eigenvalue weighted by Crippen LogP contribution is -2.39. The molecular weight excluding hydrogens is 420 g/mol. The van der Waals surface area contributed by atoms with Crippen molar-refractivity contribution >= 4 is 39.0 Å². The molecule has 3 rings (SSSR count). The fourth-order valence-corrected chi connectivity index (χ4v) is 4.53. The van der Waals surface area contributed by atoms with Crippen LogP contribution in [0.1, 0.15) is 31.0 Å². The third-order valence-corrected chi connectivity index (χ3v) is 6.75. The first-order valence-corrected chi connectivity index (χ1v) is 11.4. The van der Waals surface area contributed by atoms with Gasteiger partial charge in [0.2, 0.25) is 5.91 Å². The van der Waals surface area contributed by atoms with Crippen molar-refractivity contribution < 1.29 is 19.7 Å². The molecule has 1 fully saturated rings. The Labute approximate surface area is 184 Å². The Bertz CT molecular complexity index is 905. The van der Waals surface area contributed by atoms with Crippen molar-refractivity contribution in [1.29, 1.82) is 0 Å². The molecular formula is C22H26N2O4S2. The van der Waals surface area contributed by atoms with Crippen LogP contribution >= 0.6 is 23.1 Å². The minimum atomic E-state index is -0.157. The average molecular weight is 447 g/mol. The highest BCUT2D eigenvalue weighted by Crippen LogP contribution is 2.37. The molecule has 2 aromatic rings. The molecule has 1 amide bonds. The van der Waals surface area contributed by atoms with Gasteiger partial charge in [0.15, 0.2) is 5.13 Å². The van der Waals surface area contributed by atoms with Gasteiger partial charge in [0.1, 0.15) is 0 Å². The third kappa shape index (κ3) is 6.02. The normalized spacial score (nSPS) is 19.0. The number of aromatic nitrogens is 1. The Hall–Kier alpha value is -1.97. The van der Waals surface area contributed by atoms with Gasteiger partial charge in [0, 0.05) is 21.1 Å². The number of amides is 1. The molecule has 0 spiro atoms. The van der Waals surface area contributed by atoms with Crippen molar-refractivity contribution in [3.8, 4) is 0 Å². The van der Waals surface area contributed by atoms with Gasteiger partial charge < -0.3 is 20.3 Å². The molecule has 1 aliphatic carbocycles. The average Bonchev–Trinajstić information content (AvgIpc) is 3.18. The lowest BCUT2D eigenvalue weighted by atomic mass is 9.81. The molecule has 3 N–H and O–H groups in total. The van der Waals surface area contributed by atoms with Gasteiger partial charge in [-0.05, 0) is 30.9 Å². The number of hydrogen-bond donors (Lipinski definition) is 3. The van der Waals surface area contributed by atoms with Crippen LogP contribution in [0.4, 0.5) is 5.13 Å². The molecule has 0 bridgehead atoms. The van der Waals surface area contributed by atoms with Crippen LogP contribution in [0.15, 0.2) is 52.8 Å². The van der Waals surface area contributed by atoms with E-state index in [0.29, 0.717) is 35.2 Å². The highest BCUT2D eigenvalue weighted by molar-refractivity contribution is 8.11. The summed E-state index contributed by atoms with van der Waals surface area (Å²) in [7, 11) is 0. The number of carbonyl (C=O) groups excluding carboxylic acids is 1. The standard InChI is InChI=1S/C22H26N2O4S2/c1-14(10-25)20(30-15(2)11-26)19-13-29-22(23-19)24-21(27)17-8-18(9-17)28-12-16-6-4-3-5-7-16/h3-7,13,17-18,25-26H,2,8-12H2,1H3,(H,23,24,27)/b20-14+. The molecule has 0 saturated heterocycles. The van der Waals surface area contributed by atoms with E-state index in [-0.39, 0.29) is 31.1 Å². The van der Waals surface area contributed by atoms with E-state index in [0.717, 1.165) is 16.0 Å². The van der Waals surface area contributed by atoms with E-state index in [1.165, 1.54) is 23.1 Å². The maximum absolute atomic E-state index is 12.5. The lowest BCUT2D eigenvalue weighted by Gasteiger charge is -2.33. The summed E-state index contributed by atoms with van der Waals surface area (Å²) in [6.07, 6.45) is 1.52. The van der Waals surface area contributed by atoms with Crippen LogP contribution in [0.5, 0.6) is 0 Å². The molecule has 30 heavy (non-hydrogen) atoms. The summed E-state index contributed by atoms with van der Waals surface area (Å²) in [6.45, 7) is 5.87. The number of anilines is 1. The number of thioether (sulfide) groups is 1. The Morgan fingerprint density at radius 2 is 2.03 bits per heavy atom. The zero-order chi connectivity index (χ0) is 21.5. The fourth-order valence-electron chi connectivity index (χ4n) is 2.95. The van der Waals surface area contributed by atoms with Gasteiger partial charge >= 0.3 is 0 Å². The number of aliphatic hydroxyl groups is 2. The first-order chi connectivity index (χ1) is 14.5. The van der Waals surface area contributed by atoms with Gasteiger partial charge in [-0.1, -0.05) is 48.7 Å². The third-order valence-electron chi connectivity index (χ3n) is 4.81. The van der Waals surface area contributed by atoms with E-state index in [1.54, 1.807) is 6.92 Å². The summed E-state index contributed by atoms with van der Waals surface area (Å²) in [4.78, 5) is 18.3. The van der Waals surface area contributed by atoms with Gasteiger partial charge in [-0.25, -0.2) is 4.98 Å². The number of thiazole rings is 1.